The average molecular weight is 366 g/mol. The molecule has 0 saturated heterocycles. The zero-order valence-electron chi connectivity index (χ0n) is 18.6. The van der Waals surface area contributed by atoms with Crippen molar-refractivity contribution in [3.8, 4) is 0 Å². The lowest BCUT2D eigenvalue weighted by atomic mass is 9.87. The molecular formula is C24H49N2+. The van der Waals surface area contributed by atoms with Gasteiger partial charge in [-0.25, -0.2) is 0 Å². The Morgan fingerprint density at radius 3 is 1.62 bits per heavy atom. The van der Waals surface area contributed by atoms with Crippen molar-refractivity contribution in [1.82, 2.24) is 5.43 Å². The Bertz CT molecular complexity index is 336. The molecule has 0 aliphatic heterocycles. The van der Waals surface area contributed by atoms with Gasteiger partial charge in [0.25, 0.3) is 0 Å². The van der Waals surface area contributed by atoms with E-state index in [0.717, 1.165) is 17.4 Å². The summed E-state index contributed by atoms with van der Waals surface area (Å²) in [7, 11) is 4.62. The summed E-state index contributed by atoms with van der Waals surface area (Å²) < 4.78 is 0.888. The number of nitrogens with one attached hydrogen (secondary N) is 1. The minimum Gasteiger partial charge on any atom is -0.250 e. The zero-order valence-corrected chi connectivity index (χ0v) is 18.6. The summed E-state index contributed by atoms with van der Waals surface area (Å²) in [6.45, 7) is 13.7. The van der Waals surface area contributed by atoms with Gasteiger partial charge >= 0.3 is 0 Å². The van der Waals surface area contributed by atoms with Crippen LogP contribution in [0, 0.1) is 0 Å². The third kappa shape index (κ3) is 12.7. The van der Waals surface area contributed by atoms with Gasteiger partial charge in [0.2, 0.25) is 0 Å². The van der Waals surface area contributed by atoms with Crippen LogP contribution in [0.3, 0.4) is 0 Å². The van der Waals surface area contributed by atoms with Gasteiger partial charge in [0.1, 0.15) is 0 Å². The van der Waals surface area contributed by atoms with E-state index >= 15 is 0 Å². The van der Waals surface area contributed by atoms with E-state index in [1.165, 1.54) is 83.6 Å². The van der Waals surface area contributed by atoms with Crippen LogP contribution in [0.5, 0.6) is 0 Å². The Morgan fingerprint density at radius 1 is 0.731 bits per heavy atom. The van der Waals surface area contributed by atoms with Crippen LogP contribution in [0.25, 0.3) is 0 Å². The molecule has 0 bridgehead atoms. The summed E-state index contributed by atoms with van der Waals surface area (Å²) in [4.78, 5) is 0. The van der Waals surface area contributed by atoms with Crippen LogP contribution >= 0.6 is 0 Å². The Balaban J connectivity index is 4.10. The van der Waals surface area contributed by atoms with Crippen molar-refractivity contribution in [1.29, 1.82) is 0 Å². The SMILES string of the molecule is C=CCC(CC=C)(CCC)N[N+](C)(C)CCCCCCCCCCCC. The molecule has 0 aromatic carbocycles. The molecule has 154 valence electrons. The van der Waals surface area contributed by atoms with Crippen LogP contribution in [0.1, 0.15) is 104 Å². The highest BCUT2D eigenvalue weighted by molar-refractivity contribution is 4.96. The molecule has 1 N–H and O–H groups in total. The number of hydrogen-bond donors (Lipinski definition) is 1. The van der Waals surface area contributed by atoms with Crippen molar-refractivity contribution in [3.05, 3.63) is 25.3 Å². The van der Waals surface area contributed by atoms with E-state index < -0.39 is 0 Å². The minimum atomic E-state index is 0.111. The summed E-state index contributed by atoms with van der Waals surface area (Å²) in [5.41, 5.74) is 4.05. The maximum absolute atomic E-state index is 3.99. The van der Waals surface area contributed by atoms with Crippen molar-refractivity contribution in [3.63, 3.8) is 0 Å². The van der Waals surface area contributed by atoms with Crippen LogP contribution in [0.15, 0.2) is 25.3 Å². The molecule has 2 heteroatoms. The van der Waals surface area contributed by atoms with Gasteiger partial charge in [0.15, 0.2) is 0 Å². The smallest absolute Gasteiger partial charge is 0.0958 e. The fourth-order valence-corrected chi connectivity index (χ4v) is 4.16. The van der Waals surface area contributed by atoms with Crippen LogP contribution in [0.2, 0.25) is 0 Å². The molecular weight excluding hydrogens is 316 g/mol. The maximum atomic E-state index is 3.99. The Morgan fingerprint density at radius 2 is 1.19 bits per heavy atom. The summed E-state index contributed by atoms with van der Waals surface area (Å²) in [6.07, 6.45) is 22.5. The van der Waals surface area contributed by atoms with Gasteiger partial charge in [0, 0.05) is 0 Å². The van der Waals surface area contributed by atoms with E-state index in [0.29, 0.717) is 0 Å². The van der Waals surface area contributed by atoms with Crippen molar-refractivity contribution in [2.75, 3.05) is 20.6 Å². The lowest BCUT2D eigenvalue weighted by Gasteiger charge is -2.41. The van der Waals surface area contributed by atoms with Crippen molar-refractivity contribution < 1.29 is 4.59 Å². The number of hydrogen-bond acceptors (Lipinski definition) is 1. The molecule has 0 aromatic heterocycles. The molecule has 0 atom stereocenters. The second-order valence-corrected chi connectivity index (χ2v) is 8.72. The molecule has 0 rings (SSSR count). The summed E-state index contributed by atoms with van der Waals surface area (Å²) in [6, 6.07) is 0. The molecule has 0 amide bonds. The number of nitrogens with zero attached hydrogens (tertiary/aromatic N) is 1. The first-order valence-electron chi connectivity index (χ1n) is 11.3. The van der Waals surface area contributed by atoms with Crippen molar-refractivity contribution in [2.24, 2.45) is 0 Å². The second kappa shape index (κ2) is 15.5. The first kappa shape index (κ1) is 25.4. The first-order valence-corrected chi connectivity index (χ1v) is 11.3. The van der Waals surface area contributed by atoms with Gasteiger partial charge in [-0.3, -0.25) is 4.59 Å². The maximum Gasteiger partial charge on any atom is 0.0958 e. The summed E-state index contributed by atoms with van der Waals surface area (Å²) in [5, 5.41) is 0. The normalized spacial score (nSPS) is 12.3. The molecule has 0 aliphatic carbocycles. The minimum absolute atomic E-state index is 0.111. The van der Waals surface area contributed by atoms with Crippen LogP contribution in [-0.2, 0) is 0 Å². The molecule has 0 fully saturated rings. The lowest BCUT2D eigenvalue weighted by molar-refractivity contribution is -0.940. The molecule has 26 heavy (non-hydrogen) atoms. The number of rotatable bonds is 19. The van der Waals surface area contributed by atoms with Gasteiger partial charge in [-0.1, -0.05) is 83.8 Å². The van der Waals surface area contributed by atoms with Gasteiger partial charge < -0.3 is 0 Å². The molecule has 0 radical (unpaired) electrons. The van der Waals surface area contributed by atoms with E-state index in [-0.39, 0.29) is 5.54 Å². The molecule has 0 unspecified atom stereocenters. The van der Waals surface area contributed by atoms with Gasteiger partial charge in [0.05, 0.1) is 26.2 Å². The van der Waals surface area contributed by atoms with E-state index in [2.05, 4.69) is 58.7 Å². The largest absolute Gasteiger partial charge is 0.250 e. The quantitative estimate of drug-likeness (QED) is 0.111. The zero-order chi connectivity index (χ0) is 19.7. The first-order chi connectivity index (χ1) is 12.4. The topological polar surface area (TPSA) is 12.0 Å². The molecule has 0 aromatic rings. The predicted octanol–water partition coefficient (Wildman–Crippen LogP) is 7.18. The number of quaternary nitrogens is 1. The highest BCUT2D eigenvalue weighted by Gasteiger charge is 2.33. The predicted molar refractivity (Wildman–Crippen MR) is 119 cm³/mol. The fourth-order valence-electron chi connectivity index (χ4n) is 4.16. The standard InChI is InChI=1S/C24H49N2/c1-7-11-12-13-14-15-16-17-18-19-23-26(5,6)25-24(20-8-2,21-9-3)22-10-4/h8-9,25H,2-3,7,10-23H2,1,4-6H3/q+1. The molecule has 2 nitrogen and oxygen atoms in total. The van der Waals surface area contributed by atoms with Crippen molar-refractivity contribution >= 4 is 0 Å². The third-order valence-electron chi connectivity index (χ3n) is 5.41. The summed E-state index contributed by atoms with van der Waals surface area (Å²) >= 11 is 0. The second-order valence-electron chi connectivity index (χ2n) is 8.72. The molecule has 0 aliphatic rings. The average Bonchev–Trinajstić information content (AvgIpc) is 2.57. The van der Waals surface area contributed by atoms with Crippen LogP contribution < -0.4 is 5.43 Å². The molecule has 0 heterocycles. The summed E-state index contributed by atoms with van der Waals surface area (Å²) in [5.74, 6) is 0. The van der Waals surface area contributed by atoms with E-state index in [1.807, 2.05) is 0 Å². The Hall–Kier alpha value is -0.600. The highest BCUT2D eigenvalue weighted by atomic mass is 15.6. The van der Waals surface area contributed by atoms with Crippen LogP contribution in [-0.4, -0.2) is 30.8 Å². The Kier molecular flexibility index (Phi) is 15.1. The molecule has 0 saturated carbocycles. The lowest BCUT2D eigenvalue weighted by Crippen LogP contribution is -2.62. The molecule has 0 spiro atoms. The van der Waals surface area contributed by atoms with E-state index in [4.69, 9.17) is 0 Å². The van der Waals surface area contributed by atoms with E-state index in [1.54, 1.807) is 0 Å². The fraction of sp³-hybridized carbons (Fsp3) is 0.833. The number of unbranched alkanes of at least 4 members (excludes halogenated alkanes) is 9. The van der Waals surface area contributed by atoms with Gasteiger partial charge in [-0.05, 0) is 32.1 Å². The van der Waals surface area contributed by atoms with Gasteiger partial charge in [-0.15, -0.1) is 13.2 Å². The van der Waals surface area contributed by atoms with Gasteiger partial charge in [-0.2, -0.15) is 5.43 Å². The van der Waals surface area contributed by atoms with Crippen molar-refractivity contribution in [2.45, 2.75) is 109 Å². The third-order valence-corrected chi connectivity index (χ3v) is 5.41. The Labute approximate surface area is 165 Å². The highest BCUT2D eigenvalue weighted by Crippen LogP contribution is 2.25. The monoisotopic (exact) mass is 365 g/mol. The van der Waals surface area contributed by atoms with E-state index in [9.17, 15) is 0 Å². The van der Waals surface area contributed by atoms with Crippen LogP contribution in [0.4, 0.5) is 0 Å².